The highest BCUT2D eigenvalue weighted by Gasteiger charge is 2.22. The van der Waals surface area contributed by atoms with E-state index in [4.69, 9.17) is 11.6 Å². The first-order chi connectivity index (χ1) is 9.67. The van der Waals surface area contributed by atoms with Gasteiger partial charge in [-0.05, 0) is 41.4 Å². The van der Waals surface area contributed by atoms with E-state index in [1.54, 1.807) is 17.5 Å². The number of halogens is 2. The number of nitrogens with one attached hydrogen (secondary N) is 1. The molecule has 0 spiro atoms. The minimum atomic E-state index is 0.104. The summed E-state index contributed by atoms with van der Waals surface area (Å²) < 4.78 is 3.13. The zero-order valence-electron chi connectivity index (χ0n) is 11.7. The Morgan fingerprint density at radius 2 is 2.25 bits per heavy atom. The van der Waals surface area contributed by atoms with Crippen molar-refractivity contribution in [1.82, 2.24) is 15.1 Å². The SMILES string of the molecule is CCCNC(c1cc(Br)cs1)c1c(Cl)cnn1CCC. The highest BCUT2D eigenvalue weighted by molar-refractivity contribution is 9.10. The van der Waals surface area contributed by atoms with Crippen LogP contribution in [0.3, 0.4) is 0 Å². The van der Waals surface area contributed by atoms with Gasteiger partial charge in [-0.25, -0.2) is 0 Å². The van der Waals surface area contributed by atoms with E-state index in [9.17, 15) is 0 Å². The quantitative estimate of drug-likeness (QED) is 0.748. The number of aryl methyl sites for hydroxylation is 1. The fourth-order valence-electron chi connectivity index (χ4n) is 2.15. The lowest BCUT2D eigenvalue weighted by Crippen LogP contribution is -2.25. The van der Waals surface area contributed by atoms with Crippen molar-refractivity contribution in [2.75, 3.05) is 6.54 Å². The summed E-state index contributed by atoms with van der Waals surface area (Å²) in [5.74, 6) is 0. The molecule has 20 heavy (non-hydrogen) atoms. The van der Waals surface area contributed by atoms with Crippen LogP contribution in [0.2, 0.25) is 5.02 Å². The van der Waals surface area contributed by atoms with Gasteiger partial charge in [0.1, 0.15) is 0 Å². The minimum Gasteiger partial charge on any atom is -0.304 e. The van der Waals surface area contributed by atoms with Crippen LogP contribution in [0.25, 0.3) is 0 Å². The Hall–Kier alpha value is -0.360. The second-order valence-corrected chi connectivity index (χ2v) is 6.92. The highest BCUT2D eigenvalue weighted by Crippen LogP contribution is 2.33. The maximum Gasteiger partial charge on any atom is 0.0857 e. The van der Waals surface area contributed by atoms with Crippen molar-refractivity contribution in [3.05, 3.63) is 37.7 Å². The number of rotatable bonds is 7. The van der Waals surface area contributed by atoms with Crippen molar-refractivity contribution in [1.29, 1.82) is 0 Å². The Morgan fingerprint density at radius 1 is 1.45 bits per heavy atom. The first-order valence-corrected chi connectivity index (χ1v) is 8.90. The zero-order valence-corrected chi connectivity index (χ0v) is 14.9. The van der Waals surface area contributed by atoms with Crippen molar-refractivity contribution in [3.63, 3.8) is 0 Å². The lowest BCUT2D eigenvalue weighted by atomic mass is 10.1. The number of nitrogens with zero attached hydrogens (tertiary/aromatic N) is 2. The van der Waals surface area contributed by atoms with Crippen LogP contribution < -0.4 is 5.32 Å². The number of aromatic nitrogens is 2. The molecule has 0 aliphatic heterocycles. The summed E-state index contributed by atoms with van der Waals surface area (Å²) in [5, 5.41) is 10.8. The van der Waals surface area contributed by atoms with Gasteiger partial charge in [0.2, 0.25) is 0 Å². The van der Waals surface area contributed by atoms with E-state index in [1.165, 1.54) is 4.88 Å². The van der Waals surface area contributed by atoms with Crippen LogP contribution in [0.15, 0.2) is 22.1 Å². The normalized spacial score (nSPS) is 12.8. The highest BCUT2D eigenvalue weighted by atomic mass is 79.9. The number of hydrogen-bond donors (Lipinski definition) is 1. The molecule has 3 nitrogen and oxygen atoms in total. The van der Waals surface area contributed by atoms with Crippen LogP contribution in [-0.2, 0) is 6.54 Å². The Bertz CT molecular complexity index is 552. The van der Waals surface area contributed by atoms with Crippen molar-refractivity contribution >= 4 is 38.9 Å². The standard InChI is InChI=1S/C14H19BrClN3S/c1-3-5-17-13(12-7-10(15)9-20-12)14-11(16)8-18-19(14)6-4-2/h7-9,13,17H,3-6H2,1-2H3. The molecule has 110 valence electrons. The molecule has 0 fully saturated rings. The van der Waals surface area contributed by atoms with E-state index in [0.29, 0.717) is 0 Å². The Morgan fingerprint density at radius 3 is 2.85 bits per heavy atom. The molecule has 0 saturated heterocycles. The molecule has 2 aromatic rings. The third kappa shape index (κ3) is 3.64. The summed E-state index contributed by atoms with van der Waals surface area (Å²) in [6.45, 7) is 6.15. The molecule has 1 unspecified atom stereocenters. The summed E-state index contributed by atoms with van der Waals surface area (Å²) >= 11 is 11.6. The van der Waals surface area contributed by atoms with Crippen LogP contribution in [0, 0.1) is 0 Å². The van der Waals surface area contributed by atoms with E-state index in [1.807, 2.05) is 4.68 Å². The Balaban J connectivity index is 2.37. The molecule has 6 heteroatoms. The second kappa shape index (κ2) is 7.59. The van der Waals surface area contributed by atoms with E-state index in [0.717, 1.165) is 41.1 Å². The van der Waals surface area contributed by atoms with Crippen molar-refractivity contribution in [2.45, 2.75) is 39.3 Å². The largest absolute Gasteiger partial charge is 0.304 e. The van der Waals surface area contributed by atoms with Crippen molar-refractivity contribution in [3.8, 4) is 0 Å². The van der Waals surface area contributed by atoms with Gasteiger partial charge in [0, 0.05) is 21.3 Å². The topological polar surface area (TPSA) is 29.9 Å². The predicted octanol–water partition coefficient (Wildman–Crippen LogP) is 4.86. The fraction of sp³-hybridized carbons (Fsp3) is 0.500. The van der Waals surface area contributed by atoms with E-state index >= 15 is 0 Å². The van der Waals surface area contributed by atoms with Crippen molar-refractivity contribution < 1.29 is 0 Å². The summed E-state index contributed by atoms with van der Waals surface area (Å²) in [6.07, 6.45) is 3.87. The molecular weight excluding hydrogens is 358 g/mol. The molecule has 0 aromatic carbocycles. The van der Waals surface area contributed by atoms with Crippen LogP contribution >= 0.6 is 38.9 Å². The van der Waals surface area contributed by atoms with Gasteiger partial charge >= 0.3 is 0 Å². The molecule has 2 aromatic heterocycles. The molecule has 0 bridgehead atoms. The first kappa shape index (κ1) is 16.0. The Labute approximate surface area is 137 Å². The van der Waals surface area contributed by atoms with Crippen LogP contribution in [0.1, 0.15) is 43.3 Å². The number of thiophene rings is 1. The average Bonchev–Trinajstić information content (AvgIpc) is 3.00. The van der Waals surface area contributed by atoms with E-state index in [-0.39, 0.29) is 6.04 Å². The molecule has 1 N–H and O–H groups in total. The van der Waals surface area contributed by atoms with Gasteiger partial charge in [0.05, 0.1) is 23.0 Å². The summed E-state index contributed by atoms with van der Waals surface area (Å²) in [4.78, 5) is 1.25. The van der Waals surface area contributed by atoms with Crippen LogP contribution in [0.5, 0.6) is 0 Å². The van der Waals surface area contributed by atoms with E-state index in [2.05, 4.69) is 51.6 Å². The van der Waals surface area contributed by atoms with Gasteiger partial charge in [-0.2, -0.15) is 5.10 Å². The molecule has 0 amide bonds. The summed E-state index contributed by atoms with van der Waals surface area (Å²) in [7, 11) is 0. The zero-order chi connectivity index (χ0) is 14.5. The number of hydrogen-bond acceptors (Lipinski definition) is 3. The second-order valence-electron chi connectivity index (χ2n) is 4.66. The molecule has 1 atom stereocenters. The monoisotopic (exact) mass is 375 g/mol. The molecule has 2 rings (SSSR count). The third-order valence-corrected chi connectivity index (χ3v) is 5.06. The molecule has 0 aliphatic carbocycles. The lowest BCUT2D eigenvalue weighted by molar-refractivity contribution is 0.515. The van der Waals surface area contributed by atoms with Gasteiger partial charge in [0.25, 0.3) is 0 Å². The molecule has 0 aliphatic rings. The minimum absolute atomic E-state index is 0.104. The van der Waals surface area contributed by atoms with Crippen molar-refractivity contribution in [2.24, 2.45) is 0 Å². The molecule has 2 heterocycles. The van der Waals surface area contributed by atoms with Gasteiger partial charge in [-0.15, -0.1) is 11.3 Å². The smallest absolute Gasteiger partial charge is 0.0857 e. The fourth-order valence-corrected chi connectivity index (χ4v) is 3.92. The van der Waals surface area contributed by atoms with Gasteiger partial charge in [-0.3, -0.25) is 4.68 Å². The lowest BCUT2D eigenvalue weighted by Gasteiger charge is -2.19. The molecule has 0 radical (unpaired) electrons. The molecule has 0 saturated carbocycles. The van der Waals surface area contributed by atoms with Gasteiger partial charge in [0.15, 0.2) is 0 Å². The van der Waals surface area contributed by atoms with Gasteiger partial charge in [-0.1, -0.05) is 25.4 Å². The van der Waals surface area contributed by atoms with Crippen LogP contribution in [-0.4, -0.2) is 16.3 Å². The maximum absolute atomic E-state index is 6.38. The Kier molecular flexibility index (Phi) is 6.08. The third-order valence-electron chi connectivity index (χ3n) is 3.01. The van der Waals surface area contributed by atoms with E-state index < -0.39 is 0 Å². The predicted molar refractivity (Wildman–Crippen MR) is 89.7 cm³/mol. The average molecular weight is 377 g/mol. The first-order valence-electron chi connectivity index (χ1n) is 6.85. The summed E-state index contributed by atoms with van der Waals surface area (Å²) in [5.41, 5.74) is 1.07. The summed E-state index contributed by atoms with van der Waals surface area (Å²) in [6, 6.07) is 2.25. The van der Waals surface area contributed by atoms with Gasteiger partial charge < -0.3 is 5.32 Å². The maximum atomic E-state index is 6.38. The molecular formula is C14H19BrClN3S. The van der Waals surface area contributed by atoms with Crippen LogP contribution in [0.4, 0.5) is 0 Å².